The van der Waals surface area contributed by atoms with Crippen LogP contribution in [0.2, 0.25) is 0 Å². The zero-order chi connectivity index (χ0) is 13.1. The Morgan fingerprint density at radius 3 is 3.06 bits per heavy atom. The molecule has 2 rings (SSSR count). The molecule has 1 unspecified atom stereocenters. The number of aromatic nitrogens is 1. The van der Waals surface area contributed by atoms with Crippen LogP contribution in [0.15, 0.2) is 10.6 Å². The molecule has 1 saturated heterocycles. The van der Waals surface area contributed by atoms with Gasteiger partial charge in [-0.15, -0.1) is 0 Å². The molecular weight excluding hydrogens is 228 g/mol. The van der Waals surface area contributed by atoms with Crippen LogP contribution in [0.3, 0.4) is 0 Å². The SMILES string of the molecule is CC(=O)Cc1cnc(C2CCCN(C(C)C)C2)o1. The summed E-state index contributed by atoms with van der Waals surface area (Å²) >= 11 is 0. The average molecular weight is 250 g/mol. The van der Waals surface area contributed by atoms with Crippen molar-refractivity contribution < 1.29 is 9.21 Å². The van der Waals surface area contributed by atoms with E-state index >= 15 is 0 Å². The van der Waals surface area contributed by atoms with Crippen LogP contribution >= 0.6 is 0 Å². The zero-order valence-corrected chi connectivity index (χ0v) is 11.5. The minimum absolute atomic E-state index is 0.116. The molecule has 1 fully saturated rings. The molecule has 1 atom stereocenters. The second kappa shape index (κ2) is 5.65. The van der Waals surface area contributed by atoms with Crippen molar-refractivity contribution in [2.24, 2.45) is 0 Å². The number of nitrogens with zero attached hydrogens (tertiary/aromatic N) is 2. The molecule has 0 aliphatic carbocycles. The van der Waals surface area contributed by atoms with Gasteiger partial charge in [-0.25, -0.2) is 4.98 Å². The Morgan fingerprint density at radius 1 is 1.61 bits per heavy atom. The summed E-state index contributed by atoms with van der Waals surface area (Å²) in [5.74, 6) is 1.99. The van der Waals surface area contributed by atoms with Crippen molar-refractivity contribution in [3.8, 4) is 0 Å². The summed E-state index contributed by atoms with van der Waals surface area (Å²) in [6.07, 6.45) is 4.37. The van der Waals surface area contributed by atoms with Gasteiger partial charge in [0.15, 0.2) is 5.89 Å². The van der Waals surface area contributed by atoms with E-state index in [4.69, 9.17) is 4.42 Å². The Balaban J connectivity index is 2.02. The minimum Gasteiger partial charge on any atom is -0.445 e. The molecule has 18 heavy (non-hydrogen) atoms. The molecule has 1 aliphatic rings. The van der Waals surface area contributed by atoms with Gasteiger partial charge in [0.1, 0.15) is 11.5 Å². The Labute approximate surface area is 108 Å². The highest BCUT2D eigenvalue weighted by Crippen LogP contribution is 2.27. The van der Waals surface area contributed by atoms with Gasteiger partial charge in [0.05, 0.1) is 12.6 Å². The third-order valence-corrected chi connectivity index (χ3v) is 3.53. The Bertz CT molecular complexity index is 412. The third-order valence-electron chi connectivity index (χ3n) is 3.53. The lowest BCUT2D eigenvalue weighted by Crippen LogP contribution is -2.39. The molecule has 2 heterocycles. The maximum absolute atomic E-state index is 11.0. The topological polar surface area (TPSA) is 46.3 Å². The Hall–Kier alpha value is -1.16. The number of carbonyl (C=O) groups excluding carboxylic acids is 1. The molecule has 4 nitrogen and oxygen atoms in total. The Kier molecular flexibility index (Phi) is 4.17. The molecule has 0 saturated carbocycles. The van der Waals surface area contributed by atoms with E-state index in [2.05, 4.69) is 23.7 Å². The highest BCUT2D eigenvalue weighted by Gasteiger charge is 2.26. The van der Waals surface area contributed by atoms with Gasteiger partial charge in [0.2, 0.25) is 0 Å². The first kappa shape index (κ1) is 13.3. The van der Waals surface area contributed by atoms with Gasteiger partial charge in [-0.1, -0.05) is 0 Å². The van der Waals surface area contributed by atoms with Gasteiger partial charge in [-0.2, -0.15) is 0 Å². The summed E-state index contributed by atoms with van der Waals surface area (Å²) in [7, 11) is 0. The molecular formula is C14H22N2O2. The maximum atomic E-state index is 11.0. The summed E-state index contributed by atoms with van der Waals surface area (Å²) in [6, 6.07) is 0.569. The quantitative estimate of drug-likeness (QED) is 0.823. The fraction of sp³-hybridized carbons (Fsp3) is 0.714. The monoisotopic (exact) mass is 250 g/mol. The molecule has 1 aromatic heterocycles. The Morgan fingerprint density at radius 2 is 2.39 bits per heavy atom. The second-order valence-electron chi connectivity index (χ2n) is 5.47. The van der Waals surface area contributed by atoms with E-state index in [9.17, 15) is 4.79 Å². The number of rotatable bonds is 4. The summed E-state index contributed by atoms with van der Waals surface area (Å²) in [4.78, 5) is 17.8. The molecule has 1 aliphatic heterocycles. The van der Waals surface area contributed by atoms with Crippen LogP contribution in [0.25, 0.3) is 0 Å². The van der Waals surface area contributed by atoms with Gasteiger partial charge in [0.25, 0.3) is 0 Å². The van der Waals surface area contributed by atoms with E-state index in [1.165, 1.54) is 6.42 Å². The van der Waals surface area contributed by atoms with Crippen LogP contribution in [0.4, 0.5) is 0 Å². The molecule has 0 bridgehead atoms. The van der Waals surface area contributed by atoms with E-state index in [1.54, 1.807) is 13.1 Å². The number of piperidine rings is 1. The van der Waals surface area contributed by atoms with E-state index < -0.39 is 0 Å². The average Bonchev–Trinajstić information content (AvgIpc) is 2.77. The zero-order valence-electron chi connectivity index (χ0n) is 11.5. The lowest BCUT2D eigenvalue weighted by atomic mass is 9.97. The lowest BCUT2D eigenvalue weighted by molar-refractivity contribution is -0.116. The van der Waals surface area contributed by atoms with Crippen molar-refractivity contribution in [3.63, 3.8) is 0 Å². The van der Waals surface area contributed by atoms with Gasteiger partial charge in [-0.05, 0) is 40.2 Å². The van der Waals surface area contributed by atoms with Crippen LogP contribution < -0.4 is 0 Å². The molecule has 100 valence electrons. The highest BCUT2D eigenvalue weighted by molar-refractivity contribution is 5.77. The number of ketones is 1. The molecule has 4 heteroatoms. The molecule has 1 aromatic rings. The van der Waals surface area contributed by atoms with Crippen LogP contribution in [0.1, 0.15) is 51.2 Å². The lowest BCUT2D eigenvalue weighted by Gasteiger charge is -2.34. The van der Waals surface area contributed by atoms with Crippen molar-refractivity contribution in [3.05, 3.63) is 17.8 Å². The normalized spacial score (nSPS) is 21.4. The third kappa shape index (κ3) is 3.19. The van der Waals surface area contributed by atoms with Gasteiger partial charge in [0, 0.05) is 18.5 Å². The van der Waals surface area contributed by atoms with E-state index in [-0.39, 0.29) is 5.78 Å². The molecule has 0 spiro atoms. The highest BCUT2D eigenvalue weighted by atomic mass is 16.4. The van der Waals surface area contributed by atoms with Crippen LogP contribution in [0.5, 0.6) is 0 Å². The predicted molar refractivity (Wildman–Crippen MR) is 69.6 cm³/mol. The number of likely N-dealkylation sites (tertiary alicyclic amines) is 1. The number of carbonyl (C=O) groups is 1. The van der Waals surface area contributed by atoms with Crippen molar-refractivity contribution in [1.82, 2.24) is 9.88 Å². The van der Waals surface area contributed by atoms with Crippen molar-refractivity contribution in [2.45, 2.75) is 52.0 Å². The first-order valence-corrected chi connectivity index (χ1v) is 6.74. The van der Waals surface area contributed by atoms with Gasteiger partial charge >= 0.3 is 0 Å². The molecule has 0 amide bonds. The molecule has 0 aromatic carbocycles. The van der Waals surface area contributed by atoms with E-state index in [0.717, 1.165) is 25.4 Å². The van der Waals surface area contributed by atoms with Gasteiger partial charge in [-0.3, -0.25) is 4.79 Å². The van der Waals surface area contributed by atoms with Crippen molar-refractivity contribution in [2.75, 3.05) is 13.1 Å². The number of hydrogen-bond acceptors (Lipinski definition) is 4. The van der Waals surface area contributed by atoms with Crippen LogP contribution in [0, 0.1) is 0 Å². The first-order chi connectivity index (χ1) is 8.56. The summed E-state index contributed by atoms with van der Waals surface area (Å²) in [5, 5.41) is 0. The van der Waals surface area contributed by atoms with Gasteiger partial charge < -0.3 is 9.32 Å². The van der Waals surface area contributed by atoms with Crippen molar-refractivity contribution >= 4 is 5.78 Å². The second-order valence-corrected chi connectivity index (χ2v) is 5.47. The first-order valence-electron chi connectivity index (χ1n) is 6.74. The van der Waals surface area contributed by atoms with Crippen LogP contribution in [-0.4, -0.2) is 34.8 Å². The number of Topliss-reactive ketones (excluding diaryl/α,β-unsaturated/α-hetero) is 1. The smallest absolute Gasteiger partial charge is 0.198 e. The standard InChI is InChI=1S/C14H22N2O2/c1-10(2)16-6-4-5-12(9-16)14-15-8-13(18-14)7-11(3)17/h8,10,12H,4-7,9H2,1-3H3. The van der Waals surface area contributed by atoms with Crippen molar-refractivity contribution in [1.29, 1.82) is 0 Å². The van der Waals surface area contributed by atoms with Crippen LogP contribution in [-0.2, 0) is 11.2 Å². The largest absolute Gasteiger partial charge is 0.445 e. The molecule has 0 N–H and O–H groups in total. The maximum Gasteiger partial charge on any atom is 0.198 e. The fourth-order valence-corrected chi connectivity index (χ4v) is 2.52. The summed E-state index contributed by atoms with van der Waals surface area (Å²) < 4.78 is 5.70. The summed E-state index contributed by atoms with van der Waals surface area (Å²) in [5.41, 5.74) is 0. The van der Waals surface area contributed by atoms with E-state index in [1.807, 2.05) is 0 Å². The number of hydrogen-bond donors (Lipinski definition) is 0. The van der Waals surface area contributed by atoms with E-state index in [0.29, 0.717) is 24.1 Å². The summed E-state index contributed by atoms with van der Waals surface area (Å²) in [6.45, 7) is 8.19. The minimum atomic E-state index is 0.116. The number of oxazole rings is 1. The molecule has 0 radical (unpaired) electrons. The fourth-order valence-electron chi connectivity index (χ4n) is 2.52. The predicted octanol–water partition coefficient (Wildman–Crippen LogP) is 2.39.